The highest BCUT2D eigenvalue weighted by atomic mass is 19.2. The number of nitrogens with one attached hydrogen (secondary N) is 1. The molecule has 0 heterocycles. The summed E-state index contributed by atoms with van der Waals surface area (Å²) in [6.07, 6.45) is 0.165. The molecule has 0 aromatic heterocycles. The van der Waals surface area contributed by atoms with E-state index >= 15 is 0 Å². The Morgan fingerprint density at radius 1 is 1.21 bits per heavy atom. The van der Waals surface area contributed by atoms with Gasteiger partial charge in [0.1, 0.15) is 0 Å². The van der Waals surface area contributed by atoms with Crippen molar-refractivity contribution in [2.75, 3.05) is 11.9 Å². The summed E-state index contributed by atoms with van der Waals surface area (Å²) in [7, 11) is 0. The van der Waals surface area contributed by atoms with Gasteiger partial charge in [-0.25, -0.2) is 13.2 Å². The maximum Gasteiger partial charge on any atom is 0.196 e. The van der Waals surface area contributed by atoms with Crippen LogP contribution in [0.3, 0.4) is 0 Å². The largest absolute Gasteiger partial charge is 0.382 e. The molecule has 2 nitrogen and oxygen atoms in total. The highest BCUT2D eigenvalue weighted by Gasteiger charge is 2.12. The molecule has 1 N–H and O–H groups in total. The molecular weight excluding hydrogens is 193 g/mol. The quantitative estimate of drug-likeness (QED) is 0.600. The molecule has 0 amide bonds. The molecule has 0 fully saturated rings. The molecule has 0 spiro atoms. The van der Waals surface area contributed by atoms with Crippen molar-refractivity contribution in [1.29, 1.82) is 5.26 Å². The van der Waals surface area contributed by atoms with Crippen molar-refractivity contribution in [3.05, 3.63) is 29.6 Å². The van der Waals surface area contributed by atoms with Gasteiger partial charge < -0.3 is 5.32 Å². The summed E-state index contributed by atoms with van der Waals surface area (Å²) in [6, 6.07) is 3.75. The van der Waals surface area contributed by atoms with E-state index in [0.717, 1.165) is 12.1 Å². The van der Waals surface area contributed by atoms with E-state index in [2.05, 4.69) is 5.32 Å². The second-order valence-corrected chi connectivity index (χ2v) is 2.56. The van der Waals surface area contributed by atoms with E-state index in [0.29, 0.717) is 0 Å². The van der Waals surface area contributed by atoms with Crippen LogP contribution in [0.1, 0.15) is 6.42 Å². The van der Waals surface area contributed by atoms with Crippen molar-refractivity contribution in [1.82, 2.24) is 0 Å². The summed E-state index contributed by atoms with van der Waals surface area (Å²) in [5, 5.41) is 10.7. The first-order valence-corrected chi connectivity index (χ1v) is 3.91. The molecule has 1 aromatic rings. The molecule has 0 saturated heterocycles. The zero-order chi connectivity index (χ0) is 10.6. The summed E-state index contributed by atoms with van der Waals surface area (Å²) < 4.78 is 38.0. The van der Waals surface area contributed by atoms with Crippen LogP contribution in [-0.2, 0) is 0 Å². The highest BCUT2D eigenvalue weighted by Crippen LogP contribution is 2.19. The zero-order valence-electron chi connectivity index (χ0n) is 7.15. The fourth-order valence-corrected chi connectivity index (χ4v) is 0.915. The molecule has 0 radical (unpaired) electrons. The van der Waals surface area contributed by atoms with E-state index in [9.17, 15) is 13.2 Å². The SMILES string of the molecule is N#CCCNc1ccc(F)c(F)c1F. The predicted molar refractivity (Wildman–Crippen MR) is 45.0 cm³/mol. The Bertz CT molecular complexity index is 371. The van der Waals surface area contributed by atoms with Crippen LogP contribution >= 0.6 is 0 Å². The third kappa shape index (κ3) is 2.16. The number of hydrogen-bond donors (Lipinski definition) is 1. The lowest BCUT2D eigenvalue weighted by Gasteiger charge is -2.05. The molecule has 0 aliphatic carbocycles. The van der Waals surface area contributed by atoms with Crippen molar-refractivity contribution in [3.8, 4) is 6.07 Å². The van der Waals surface area contributed by atoms with Crippen molar-refractivity contribution < 1.29 is 13.2 Å². The first kappa shape index (κ1) is 10.4. The van der Waals surface area contributed by atoms with Crippen LogP contribution in [0.25, 0.3) is 0 Å². The van der Waals surface area contributed by atoms with Crippen molar-refractivity contribution in [3.63, 3.8) is 0 Å². The number of anilines is 1. The Balaban J connectivity index is 2.79. The fourth-order valence-electron chi connectivity index (χ4n) is 0.915. The maximum atomic E-state index is 12.9. The van der Waals surface area contributed by atoms with Crippen molar-refractivity contribution in [2.24, 2.45) is 0 Å². The summed E-state index contributed by atoms with van der Waals surface area (Å²) in [6.45, 7) is 0.193. The molecule has 74 valence electrons. The zero-order valence-corrected chi connectivity index (χ0v) is 7.15. The maximum absolute atomic E-state index is 12.9. The van der Waals surface area contributed by atoms with E-state index in [1.54, 1.807) is 0 Å². The number of nitrogens with zero attached hydrogens (tertiary/aromatic N) is 1. The van der Waals surface area contributed by atoms with Gasteiger partial charge in [0.25, 0.3) is 0 Å². The number of nitriles is 1. The average molecular weight is 200 g/mol. The van der Waals surface area contributed by atoms with Gasteiger partial charge >= 0.3 is 0 Å². The van der Waals surface area contributed by atoms with Crippen molar-refractivity contribution in [2.45, 2.75) is 6.42 Å². The standard InChI is InChI=1S/C9H7F3N2/c10-6-2-3-7(9(12)8(6)11)14-5-1-4-13/h2-3,14H,1,5H2. The first-order chi connectivity index (χ1) is 6.66. The lowest BCUT2D eigenvalue weighted by Crippen LogP contribution is -2.04. The van der Waals surface area contributed by atoms with Gasteiger partial charge in [0.05, 0.1) is 18.2 Å². The Kier molecular flexibility index (Phi) is 3.35. The van der Waals surface area contributed by atoms with Crippen LogP contribution in [0.5, 0.6) is 0 Å². The van der Waals surface area contributed by atoms with E-state index in [1.165, 1.54) is 0 Å². The average Bonchev–Trinajstić information content (AvgIpc) is 2.18. The molecular formula is C9H7F3N2. The molecule has 0 unspecified atom stereocenters. The number of benzene rings is 1. The molecule has 0 saturated carbocycles. The van der Waals surface area contributed by atoms with Crippen LogP contribution in [0.2, 0.25) is 0 Å². The molecule has 14 heavy (non-hydrogen) atoms. The Hall–Kier alpha value is -1.70. The van der Waals surface area contributed by atoms with Gasteiger partial charge in [-0.15, -0.1) is 0 Å². The topological polar surface area (TPSA) is 35.8 Å². The molecule has 5 heteroatoms. The lowest BCUT2D eigenvalue weighted by atomic mass is 10.2. The van der Waals surface area contributed by atoms with Crippen LogP contribution in [0, 0.1) is 28.8 Å². The van der Waals surface area contributed by atoms with E-state index in [4.69, 9.17) is 5.26 Å². The molecule has 1 aromatic carbocycles. The molecule has 0 atom stereocenters. The summed E-state index contributed by atoms with van der Waals surface area (Å²) >= 11 is 0. The van der Waals surface area contributed by atoms with Gasteiger partial charge in [-0.1, -0.05) is 0 Å². The van der Waals surface area contributed by atoms with Crippen LogP contribution in [0.15, 0.2) is 12.1 Å². The minimum absolute atomic E-state index is 0.140. The Labute approximate surface area is 79.0 Å². The molecule has 0 bridgehead atoms. The summed E-state index contributed by atoms with van der Waals surface area (Å²) in [5.74, 6) is -4.00. The summed E-state index contributed by atoms with van der Waals surface area (Å²) in [4.78, 5) is 0. The van der Waals surface area contributed by atoms with Gasteiger partial charge in [0.2, 0.25) is 0 Å². The third-order valence-corrected chi connectivity index (χ3v) is 1.59. The third-order valence-electron chi connectivity index (χ3n) is 1.59. The Morgan fingerprint density at radius 3 is 2.57 bits per heavy atom. The predicted octanol–water partition coefficient (Wildman–Crippen LogP) is 2.43. The monoisotopic (exact) mass is 200 g/mol. The fraction of sp³-hybridized carbons (Fsp3) is 0.222. The van der Waals surface area contributed by atoms with Gasteiger partial charge in [-0.3, -0.25) is 0 Å². The summed E-state index contributed by atoms with van der Waals surface area (Å²) in [5.41, 5.74) is -0.140. The van der Waals surface area contributed by atoms with E-state index in [-0.39, 0.29) is 18.7 Å². The van der Waals surface area contributed by atoms with E-state index < -0.39 is 17.5 Å². The molecule has 0 aliphatic rings. The number of hydrogen-bond acceptors (Lipinski definition) is 2. The first-order valence-electron chi connectivity index (χ1n) is 3.91. The molecule has 1 rings (SSSR count). The Morgan fingerprint density at radius 2 is 1.93 bits per heavy atom. The van der Waals surface area contributed by atoms with Gasteiger partial charge in [0, 0.05) is 6.54 Å². The van der Waals surface area contributed by atoms with Crippen LogP contribution in [0.4, 0.5) is 18.9 Å². The van der Waals surface area contributed by atoms with Crippen LogP contribution in [-0.4, -0.2) is 6.54 Å². The minimum atomic E-state index is -1.51. The van der Waals surface area contributed by atoms with E-state index in [1.807, 2.05) is 6.07 Å². The highest BCUT2D eigenvalue weighted by molar-refractivity contribution is 5.45. The van der Waals surface area contributed by atoms with Crippen molar-refractivity contribution >= 4 is 5.69 Å². The molecule has 0 aliphatic heterocycles. The normalized spacial score (nSPS) is 9.57. The number of halogens is 3. The van der Waals surface area contributed by atoms with Gasteiger partial charge in [-0.2, -0.15) is 5.26 Å². The lowest BCUT2D eigenvalue weighted by molar-refractivity contribution is 0.449. The van der Waals surface area contributed by atoms with Crippen LogP contribution < -0.4 is 5.32 Å². The van der Waals surface area contributed by atoms with Gasteiger partial charge in [-0.05, 0) is 12.1 Å². The second-order valence-electron chi connectivity index (χ2n) is 2.56. The second kappa shape index (κ2) is 4.51. The number of rotatable bonds is 3. The van der Waals surface area contributed by atoms with Gasteiger partial charge in [0.15, 0.2) is 17.5 Å². The minimum Gasteiger partial charge on any atom is -0.382 e. The smallest absolute Gasteiger partial charge is 0.196 e.